The largest absolute Gasteiger partial charge is 0.378 e. The second-order valence-corrected chi connectivity index (χ2v) is 10.1. The van der Waals surface area contributed by atoms with Crippen LogP contribution in [-0.2, 0) is 6.54 Å². The number of anilines is 2. The molecule has 0 saturated heterocycles. The van der Waals surface area contributed by atoms with Crippen molar-refractivity contribution in [3.05, 3.63) is 83.2 Å². The summed E-state index contributed by atoms with van der Waals surface area (Å²) >= 11 is 0. The molecule has 3 heterocycles. The minimum absolute atomic E-state index is 0.0712. The second kappa shape index (κ2) is 12.0. The molecule has 208 valence electrons. The fraction of sp³-hybridized carbons (Fsp3) is 0.321. The lowest BCUT2D eigenvalue weighted by atomic mass is 9.91. The minimum atomic E-state index is -0.558. The predicted molar refractivity (Wildman–Crippen MR) is 153 cm³/mol. The number of nitrogens with one attached hydrogen (secondary N) is 2. The van der Waals surface area contributed by atoms with E-state index in [1.807, 2.05) is 52.0 Å². The lowest BCUT2D eigenvalue weighted by Crippen LogP contribution is -2.42. The van der Waals surface area contributed by atoms with Gasteiger partial charge in [-0.25, -0.2) is 9.97 Å². The Labute approximate surface area is 231 Å². The first-order chi connectivity index (χ1) is 19.4. The Morgan fingerprint density at radius 2 is 1.98 bits per heavy atom. The first kappa shape index (κ1) is 26.9. The summed E-state index contributed by atoms with van der Waals surface area (Å²) in [6.07, 6.45) is 13.7. The Kier molecular flexibility index (Phi) is 8.06. The average Bonchev–Trinajstić information content (AvgIpc) is 3.62. The smallest absolute Gasteiger partial charge is 0.311 e. The molecule has 2 unspecified atom stereocenters. The number of hydrogen-bond acceptors (Lipinski definition) is 8. The van der Waals surface area contributed by atoms with Crippen LogP contribution in [0.15, 0.2) is 67.5 Å². The molecule has 0 spiro atoms. The first-order valence-electron chi connectivity index (χ1n) is 13.4. The maximum atomic E-state index is 13.4. The van der Waals surface area contributed by atoms with E-state index in [2.05, 4.69) is 20.6 Å². The zero-order valence-corrected chi connectivity index (χ0v) is 22.1. The highest BCUT2D eigenvalue weighted by Crippen LogP contribution is 2.28. The van der Waals surface area contributed by atoms with Crippen LogP contribution in [-0.4, -0.2) is 48.6 Å². The van der Waals surface area contributed by atoms with Crippen LogP contribution in [0.1, 0.15) is 42.5 Å². The van der Waals surface area contributed by atoms with Gasteiger partial charge < -0.3 is 31.2 Å². The standard InChI is InChI=1S/C28H33N9O3/c29-20-3-1-4-21(15-20)33-28(38)24-17-35(13-2-11-32-26-10-9-25(37(39)40)27(30)34-26)16-23(24)19-5-7-22(8-6-19)36-14-12-31-18-36/h5-10,12,14,16-18,20-21H,1-4,11,13,15,29H2,(H,33,38)(H3,30,32,34). The third-order valence-corrected chi connectivity index (χ3v) is 7.15. The van der Waals surface area contributed by atoms with Gasteiger partial charge in [0.15, 0.2) is 0 Å². The number of nitrogens with two attached hydrogens (primary N) is 2. The van der Waals surface area contributed by atoms with Gasteiger partial charge in [0.25, 0.3) is 5.91 Å². The van der Waals surface area contributed by atoms with Crippen LogP contribution >= 0.6 is 0 Å². The molecular formula is C28H33N9O3. The minimum Gasteiger partial charge on any atom is -0.378 e. The highest BCUT2D eigenvalue weighted by molar-refractivity contribution is 6.01. The first-order valence-corrected chi connectivity index (χ1v) is 13.4. The number of aromatic nitrogens is 4. The van der Waals surface area contributed by atoms with Crippen molar-refractivity contribution < 1.29 is 9.72 Å². The number of nitro groups is 1. The Morgan fingerprint density at radius 1 is 1.15 bits per heavy atom. The van der Waals surface area contributed by atoms with Crippen molar-refractivity contribution >= 4 is 23.2 Å². The molecule has 0 radical (unpaired) electrons. The van der Waals surface area contributed by atoms with Gasteiger partial charge in [-0.3, -0.25) is 14.9 Å². The quantitative estimate of drug-likeness (QED) is 0.133. The SMILES string of the molecule is Nc1nc(NCCCn2cc(C(=O)NC3CCCC(N)C3)c(-c3ccc(-n4ccnc4)cc3)c2)ccc1[N+](=O)[O-]. The molecule has 6 N–H and O–H groups in total. The number of carbonyl (C=O) groups excluding carboxylic acids is 1. The molecule has 12 nitrogen and oxygen atoms in total. The fourth-order valence-corrected chi connectivity index (χ4v) is 5.09. The predicted octanol–water partition coefficient (Wildman–Crippen LogP) is 3.73. The van der Waals surface area contributed by atoms with Crippen LogP contribution in [0.4, 0.5) is 17.3 Å². The van der Waals surface area contributed by atoms with Gasteiger partial charge in [0.1, 0.15) is 5.82 Å². The monoisotopic (exact) mass is 543 g/mol. The van der Waals surface area contributed by atoms with E-state index in [0.29, 0.717) is 24.5 Å². The van der Waals surface area contributed by atoms with E-state index in [0.717, 1.165) is 48.9 Å². The molecular weight excluding hydrogens is 510 g/mol. The van der Waals surface area contributed by atoms with Gasteiger partial charge in [0, 0.05) is 67.3 Å². The van der Waals surface area contributed by atoms with E-state index >= 15 is 0 Å². The number of hydrogen-bond donors (Lipinski definition) is 4. The van der Waals surface area contributed by atoms with Crippen LogP contribution in [0.2, 0.25) is 0 Å². The highest BCUT2D eigenvalue weighted by atomic mass is 16.6. The molecule has 0 bridgehead atoms. The van der Waals surface area contributed by atoms with Crippen LogP contribution in [0.3, 0.4) is 0 Å². The molecule has 1 fully saturated rings. The molecule has 4 aromatic rings. The van der Waals surface area contributed by atoms with Crippen molar-refractivity contribution in [1.82, 2.24) is 24.4 Å². The van der Waals surface area contributed by atoms with Crippen LogP contribution in [0, 0.1) is 10.1 Å². The fourth-order valence-electron chi connectivity index (χ4n) is 5.09. The Morgan fingerprint density at radius 3 is 2.67 bits per heavy atom. The van der Waals surface area contributed by atoms with Gasteiger partial charge in [-0.2, -0.15) is 0 Å². The van der Waals surface area contributed by atoms with Crippen molar-refractivity contribution in [2.75, 3.05) is 17.6 Å². The normalized spacial score (nSPS) is 16.9. The van der Waals surface area contributed by atoms with E-state index in [9.17, 15) is 14.9 Å². The number of imidazole rings is 1. The summed E-state index contributed by atoms with van der Waals surface area (Å²) in [6.45, 7) is 1.22. The lowest BCUT2D eigenvalue weighted by molar-refractivity contribution is -0.384. The van der Waals surface area contributed by atoms with Gasteiger partial charge in [-0.1, -0.05) is 12.1 Å². The summed E-state index contributed by atoms with van der Waals surface area (Å²) in [4.78, 5) is 32.0. The van der Waals surface area contributed by atoms with Gasteiger partial charge in [-0.05, 0) is 55.9 Å². The number of carbonyl (C=O) groups is 1. The number of pyridine rings is 1. The van der Waals surface area contributed by atoms with Crippen molar-refractivity contribution in [1.29, 1.82) is 0 Å². The number of benzene rings is 1. The molecule has 1 aliphatic rings. The van der Waals surface area contributed by atoms with E-state index in [1.54, 1.807) is 12.5 Å². The Bertz CT molecular complexity index is 1460. The molecule has 12 heteroatoms. The average molecular weight is 544 g/mol. The summed E-state index contributed by atoms with van der Waals surface area (Å²) in [7, 11) is 0. The van der Waals surface area contributed by atoms with Gasteiger partial charge in [0.2, 0.25) is 5.82 Å². The van der Waals surface area contributed by atoms with Crippen LogP contribution in [0.5, 0.6) is 0 Å². The van der Waals surface area contributed by atoms with E-state index in [-0.39, 0.29) is 29.5 Å². The second-order valence-electron chi connectivity index (χ2n) is 10.1. The van der Waals surface area contributed by atoms with Crippen molar-refractivity contribution in [3.8, 4) is 16.8 Å². The van der Waals surface area contributed by atoms with Crippen LogP contribution in [0.25, 0.3) is 16.8 Å². The van der Waals surface area contributed by atoms with E-state index in [1.165, 1.54) is 12.1 Å². The zero-order valence-electron chi connectivity index (χ0n) is 22.1. The van der Waals surface area contributed by atoms with E-state index in [4.69, 9.17) is 11.5 Å². The molecule has 1 aliphatic carbocycles. The number of rotatable bonds is 10. The maximum Gasteiger partial charge on any atom is 0.311 e. The molecule has 1 saturated carbocycles. The van der Waals surface area contributed by atoms with Crippen molar-refractivity contribution in [2.24, 2.45) is 5.73 Å². The molecule has 3 aromatic heterocycles. The third-order valence-electron chi connectivity index (χ3n) is 7.15. The molecule has 2 atom stereocenters. The van der Waals surface area contributed by atoms with Gasteiger partial charge in [0.05, 0.1) is 16.8 Å². The summed E-state index contributed by atoms with van der Waals surface area (Å²) in [5.74, 6) is 0.244. The number of nitrogens with zero attached hydrogens (tertiary/aromatic N) is 5. The van der Waals surface area contributed by atoms with Gasteiger partial charge in [-0.15, -0.1) is 0 Å². The van der Waals surface area contributed by atoms with Crippen LogP contribution < -0.4 is 22.1 Å². The maximum absolute atomic E-state index is 13.4. The number of amides is 1. The lowest BCUT2D eigenvalue weighted by Gasteiger charge is -2.27. The van der Waals surface area contributed by atoms with Crippen molar-refractivity contribution in [3.63, 3.8) is 0 Å². The summed E-state index contributed by atoms with van der Waals surface area (Å²) in [6, 6.07) is 11.1. The summed E-state index contributed by atoms with van der Waals surface area (Å²) in [5.41, 5.74) is 15.0. The molecule has 1 aromatic carbocycles. The summed E-state index contributed by atoms with van der Waals surface area (Å²) in [5, 5.41) is 17.3. The van der Waals surface area contributed by atoms with E-state index < -0.39 is 4.92 Å². The Balaban J connectivity index is 1.30. The Hall–Kier alpha value is -4.71. The zero-order chi connectivity index (χ0) is 28.1. The topological polar surface area (TPSA) is 172 Å². The summed E-state index contributed by atoms with van der Waals surface area (Å²) < 4.78 is 3.94. The number of nitrogen functional groups attached to an aromatic ring is 1. The molecule has 0 aliphatic heterocycles. The highest BCUT2D eigenvalue weighted by Gasteiger charge is 2.23. The molecule has 40 heavy (non-hydrogen) atoms. The van der Waals surface area contributed by atoms with Gasteiger partial charge >= 0.3 is 5.69 Å². The number of aryl methyl sites for hydroxylation is 1. The van der Waals surface area contributed by atoms with Crippen molar-refractivity contribution in [2.45, 2.75) is 50.7 Å². The molecule has 5 rings (SSSR count). The molecule has 1 amide bonds. The third kappa shape index (κ3) is 6.29.